The van der Waals surface area contributed by atoms with Crippen LogP contribution in [-0.2, 0) is 0 Å². The fraction of sp³-hybridized carbons (Fsp3) is 0.238. The van der Waals surface area contributed by atoms with E-state index in [-0.39, 0.29) is 17.8 Å². The van der Waals surface area contributed by atoms with Gasteiger partial charge in [-0.3, -0.25) is 9.89 Å². The first-order chi connectivity index (χ1) is 13.0. The lowest BCUT2D eigenvalue weighted by Crippen LogP contribution is -2.35. The first kappa shape index (κ1) is 18.8. The lowest BCUT2D eigenvalue weighted by atomic mass is 10.0. The van der Waals surface area contributed by atoms with Crippen molar-refractivity contribution in [3.05, 3.63) is 77.2 Å². The molecule has 5 nitrogen and oxygen atoms in total. The summed E-state index contributed by atoms with van der Waals surface area (Å²) in [7, 11) is 3.98. The Hall–Kier alpha value is -2.99. The second-order valence-corrected chi connectivity index (χ2v) is 6.72. The predicted molar refractivity (Wildman–Crippen MR) is 104 cm³/mol. The number of hydrogen-bond acceptors (Lipinski definition) is 3. The molecule has 0 saturated carbocycles. The molecule has 27 heavy (non-hydrogen) atoms. The van der Waals surface area contributed by atoms with E-state index in [0.29, 0.717) is 17.9 Å². The van der Waals surface area contributed by atoms with Gasteiger partial charge >= 0.3 is 0 Å². The Balaban J connectivity index is 1.70. The van der Waals surface area contributed by atoms with E-state index in [2.05, 4.69) is 39.5 Å². The van der Waals surface area contributed by atoms with Crippen molar-refractivity contribution in [3.63, 3.8) is 0 Å². The molecular weight excluding hydrogens is 343 g/mol. The molecule has 0 aliphatic heterocycles. The van der Waals surface area contributed by atoms with Crippen LogP contribution in [0.3, 0.4) is 0 Å². The van der Waals surface area contributed by atoms with E-state index >= 15 is 0 Å². The maximum atomic E-state index is 13.0. The minimum atomic E-state index is -0.307. The minimum absolute atomic E-state index is 0.0645. The molecule has 0 unspecified atom stereocenters. The smallest absolute Gasteiger partial charge is 0.269 e. The van der Waals surface area contributed by atoms with Gasteiger partial charge in [0.05, 0.1) is 11.7 Å². The van der Waals surface area contributed by atoms with Crippen molar-refractivity contribution in [1.82, 2.24) is 20.4 Å². The van der Waals surface area contributed by atoms with Gasteiger partial charge in [0, 0.05) is 12.1 Å². The van der Waals surface area contributed by atoms with Crippen molar-refractivity contribution in [1.29, 1.82) is 0 Å². The molecule has 6 heteroatoms. The molecule has 2 N–H and O–H groups in total. The summed E-state index contributed by atoms with van der Waals surface area (Å²) in [6.45, 7) is 2.54. The molecule has 1 aromatic heterocycles. The van der Waals surface area contributed by atoms with Gasteiger partial charge in [0.25, 0.3) is 5.91 Å². The van der Waals surface area contributed by atoms with Crippen LogP contribution in [0.15, 0.2) is 54.6 Å². The van der Waals surface area contributed by atoms with E-state index in [1.54, 1.807) is 18.2 Å². The normalized spacial score (nSPS) is 12.2. The highest BCUT2D eigenvalue weighted by Crippen LogP contribution is 2.21. The number of H-pyrrole nitrogens is 1. The highest BCUT2D eigenvalue weighted by atomic mass is 19.1. The van der Waals surface area contributed by atoms with Crippen LogP contribution in [0.1, 0.15) is 27.7 Å². The van der Waals surface area contributed by atoms with Crippen molar-refractivity contribution < 1.29 is 9.18 Å². The van der Waals surface area contributed by atoms with Gasteiger partial charge in [0.15, 0.2) is 0 Å². The van der Waals surface area contributed by atoms with Crippen molar-refractivity contribution in [3.8, 4) is 11.3 Å². The highest BCUT2D eigenvalue weighted by molar-refractivity contribution is 5.93. The number of aromatic amines is 1. The summed E-state index contributed by atoms with van der Waals surface area (Å²) in [6.07, 6.45) is 0. The topological polar surface area (TPSA) is 61.0 Å². The Morgan fingerprint density at radius 3 is 2.56 bits per heavy atom. The minimum Gasteiger partial charge on any atom is -0.349 e. The van der Waals surface area contributed by atoms with Gasteiger partial charge in [-0.2, -0.15) is 5.10 Å². The molecule has 1 heterocycles. The molecule has 0 saturated heterocycles. The molecule has 0 bridgehead atoms. The number of halogens is 1. The number of amides is 1. The second kappa shape index (κ2) is 8.14. The van der Waals surface area contributed by atoms with Crippen LogP contribution in [0.25, 0.3) is 11.3 Å². The number of aromatic nitrogens is 2. The van der Waals surface area contributed by atoms with Gasteiger partial charge in [0.1, 0.15) is 11.5 Å². The summed E-state index contributed by atoms with van der Waals surface area (Å²) in [5, 5.41) is 9.87. The highest BCUT2D eigenvalue weighted by Gasteiger charge is 2.18. The van der Waals surface area contributed by atoms with Crippen LogP contribution in [-0.4, -0.2) is 41.6 Å². The molecule has 0 radical (unpaired) electrons. The van der Waals surface area contributed by atoms with E-state index in [1.165, 1.54) is 23.3 Å². The van der Waals surface area contributed by atoms with Crippen LogP contribution in [0.2, 0.25) is 0 Å². The molecule has 0 fully saturated rings. The number of nitrogens with zero attached hydrogens (tertiary/aromatic N) is 2. The molecule has 0 aliphatic carbocycles. The van der Waals surface area contributed by atoms with Gasteiger partial charge in [-0.1, -0.05) is 24.3 Å². The van der Waals surface area contributed by atoms with Gasteiger partial charge in [-0.05, 0) is 62.5 Å². The van der Waals surface area contributed by atoms with Crippen LogP contribution in [0.5, 0.6) is 0 Å². The zero-order valence-electron chi connectivity index (χ0n) is 15.7. The lowest BCUT2D eigenvalue weighted by Gasteiger charge is -2.26. The number of carbonyl (C=O) groups excluding carboxylic acids is 1. The number of likely N-dealkylation sites (N-methyl/N-ethyl adjacent to an activating group) is 1. The third kappa shape index (κ3) is 4.41. The van der Waals surface area contributed by atoms with Crippen LogP contribution < -0.4 is 5.32 Å². The third-order valence-electron chi connectivity index (χ3n) is 4.59. The number of aryl methyl sites for hydroxylation is 1. The summed E-state index contributed by atoms with van der Waals surface area (Å²) in [4.78, 5) is 14.6. The standard InChI is InChI=1S/C21H23FN4O/c1-14-6-4-5-7-17(14)20(26(2)3)13-23-21(27)19-12-18(24-25-19)15-8-10-16(22)11-9-15/h4-12,20H,13H2,1-3H3,(H,23,27)(H,24,25)/t20-/m1/s1. The molecule has 140 valence electrons. The van der Waals surface area contributed by atoms with Crippen LogP contribution >= 0.6 is 0 Å². The van der Waals surface area contributed by atoms with E-state index in [0.717, 1.165) is 5.56 Å². The van der Waals surface area contributed by atoms with Crippen LogP contribution in [0.4, 0.5) is 4.39 Å². The number of rotatable bonds is 6. The predicted octanol–water partition coefficient (Wildman–Crippen LogP) is 3.56. The Kier molecular flexibility index (Phi) is 5.66. The van der Waals surface area contributed by atoms with Crippen molar-refractivity contribution in [2.24, 2.45) is 0 Å². The molecule has 0 spiro atoms. The van der Waals surface area contributed by atoms with Gasteiger partial charge in [-0.25, -0.2) is 4.39 Å². The first-order valence-corrected chi connectivity index (χ1v) is 8.77. The largest absolute Gasteiger partial charge is 0.349 e. The van der Waals surface area contributed by atoms with E-state index < -0.39 is 0 Å². The zero-order valence-corrected chi connectivity index (χ0v) is 15.7. The maximum Gasteiger partial charge on any atom is 0.269 e. The summed E-state index contributed by atoms with van der Waals surface area (Å²) < 4.78 is 13.0. The third-order valence-corrected chi connectivity index (χ3v) is 4.59. The molecule has 2 aromatic carbocycles. The van der Waals surface area contributed by atoms with Crippen LogP contribution in [0, 0.1) is 12.7 Å². The van der Waals surface area contributed by atoms with E-state index in [1.807, 2.05) is 26.2 Å². The molecular formula is C21H23FN4O. The second-order valence-electron chi connectivity index (χ2n) is 6.72. The number of nitrogens with one attached hydrogen (secondary N) is 2. The molecule has 3 aromatic rings. The average molecular weight is 366 g/mol. The summed E-state index contributed by atoms with van der Waals surface area (Å²) in [5.41, 5.74) is 4.09. The van der Waals surface area contributed by atoms with Gasteiger partial charge < -0.3 is 10.2 Å². The summed E-state index contributed by atoms with van der Waals surface area (Å²) in [6, 6.07) is 15.9. The molecule has 3 rings (SSSR count). The Labute approximate surface area is 158 Å². The SMILES string of the molecule is Cc1ccccc1[C@@H](CNC(=O)c1cc(-c2ccc(F)cc2)n[nH]1)N(C)C. The Morgan fingerprint density at radius 1 is 1.19 bits per heavy atom. The van der Waals surface area contributed by atoms with Gasteiger partial charge in [-0.15, -0.1) is 0 Å². The molecule has 1 atom stereocenters. The van der Waals surface area contributed by atoms with Crippen molar-refractivity contribution >= 4 is 5.91 Å². The van der Waals surface area contributed by atoms with Gasteiger partial charge in [0.2, 0.25) is 0 Å². The Morgan fingerprint density at radius 2 is 1.89 bits per heavy atom. The van der Waals surface area contributed by atoms with E-state index in [4.69, 9.17) is 0 Å². The summed E-state index contributed by atoms with van der Waals surface area (Å²) in [5.74, 6) is -0.533. The van der Waals surface area contributed by atoms with Crippen molar-refractivity contribution in [2.75, 3.05) is 20.6 Å². The van der Waals surface area contributed by atoms with Crippen molar-refractivity contribution in [2.45, 2.75) is 13.0 Å². The number of benzene rings is 2. The molecule has 1 amide bonds. The quantitative estimate of drug-likeness (QED) is 0.701. The number of hydrogen-bond donors (Lipinski definition) is 2. The Bertz CT molecular complexity index is 918. The fourth-order valence-electron chi connectivity index (χ4n) is 3.02. The zero-order chi connectivity index (χ0) is 19.4. The fourth-order valence-corrected chi connectivity index (χ4v) is 3.02. The lowest BCUT2D eigenvalue weighted by molar-refractivity contribution is 0.0937. The van der Waals surface area contributed by atoms with E-state index in [9.17, 15) is 9.18 Å². The first-order valence-electron chi connectivity index (χ1n) is 8.77. The summed E-state index contributed by atoms with van der Waals surface area (Å²) >= 11 is 0. The average Bonchev–Trinajstić information content (AvgIpc) is 3.14. The maximum absolute atomic E-state index is 13.0. The monoisotopic (exact) mass is 366 g/mol. The number of carbonyl (C=O) groups is 1. The molecule has 0 aliphatic rings.